The summed E-state index contributed by atoms with van der Waals surface area (Å²) < 4.78 is 1.54. The molecule has 0 saturated heterocycles. The number of imidazole rings is 1. The third kappa shape index (κ3) is 0.492. The zero-order chi connectivity index (χ0) is 7.14. The molecule has 10 heavy (non-hydrogen) atoms. The molecule has 0 aromatic carbocycles. The minimum atomic E-state index is 0.0347. The molecular weight excluding hydrogens is 128 g/mol. The SMILES string of the molecule is CC1=Cc2cncn2C1=O. The van der Waals surface area contributed by atoms with E-state index >= 15 is 0 Å². The molecule has 0 fully saturated rings. The average molecular weight is 134 g/mol. The first-order valence-electron chi connectivity index (χ1n) is 3.04. The first-order chi connectivity index (χ1) is 4.79. The summed E-state index contributed by atoms with van der Waals surface area (Å²) in [5.41, 5.74) is 1.65. The van der Waals surface area contributed by atoms with Crippen LogP contribution in [0.2, 0.25) is 0 Å². The van der Waals surface area contributed by atoms with Crippen molar-refractivity contribution in [3.8, 4) is 0 Å². The van der Waals surface area contributed by atoms with E-state index < -0.39 is 0 Å². The molecule has 1 aliphatic heterocycles. The molecule has 0 radical (unpaired) electrons. The van der Waals surface area contributed by atoms with Gasteiger partial charge in [0.1, 0.15) is 6.33 Å². The molecule has 2 rings (SSSR count). The number of hydrogen-bond donors (Lipinski definition) is 0. The van der Waals surface area contributed by atoms with Crippen molar-refractivity contribution in [1.29, 1.82) is 0 Å². The van der Waals surface area contributed by atoms with Crippen LogP contribution >= 0.6 is 0 Å². The third-order valence-electron chi connectivity index (χ3n) is 1.59. The maximum Gasteiger partial charge on any atom is 0.259 e. The lowest BCUT2D eigenvalue weighted by atomic mass is 10.3. The number of aromatic nitrogens is 2. The number of hydrogen-bond acceptors (Lipinski definition) is 2. The molecule has 1 aromatic rings. The highest BCUT2D eigenvalue weighted by Crippen LogP contribution is 2.15. The van der Waals surface area contributed by atoms with Crippen molar-refractivity contribution >= 4 is 12.0 Å². The quantitative estimate of drug-likeness (QED) is 0.529. The molecular formula is C7H6N2O. The van der Waals surface area contributed by atoms with Crippen molar-refractivity contribution in [2.75, 3.05) is 0 Å². The van der Waals surface area contributed by atoms with E-state index in [-0.39, 0.29) is 5.91 Å². The number of rotatable bonds is 0. The lowest BCUT2D eigenvalue weighted by Gasteiger charge is -1.91. The van der Waals surface area contributed by atoms with Crippen molar-refractivity contribution in [1.82, 2.24) is 9.55 Å². The minimum Gasteiger partial charge on any atom is -0.269 e. The summed E-state index contributed by atoms with van der Waals surface area (Å²) in [6.07, 6.45) is 5.04. The van der Waals surface area contributed by atoms with Crippen LogP contribution in [0.15, 0.2) is 18.1 Å². The van der Waals surface area contributed by atoms with Crippen LogP contribution in [0.1, 0.15) is 17.4 Å². The van der Waals surface area contributed by atoms with Gasteiger partial charge >= 0.3 is 0 Å². The van der Waals surface area contributed by atoms with Crippen LogP contribution in [-0.2, 0) is 0 Å². The van der Waals surface area contributed by atoms with Gasteiger partial charge in [-0.1, -0.05) is 0 Å². The Morgan fingerprint density at radius 2 is 2.40 bits per heavy atom. The average Bonchev–Trinajstić information content (AvgIpc) is 2.41. The third-order valence-corrected chi connectivity index (χ3v) is 1.59. The summed E-state index contributed by atoms with van der Waals surface area (Å²) in [6, 6.07) is 0. The van der Waals surface area contributed by atoms with Crippen molar-refractivity contribution in [3.05, 3.63) is 23.8 Å². The van der Waals surface area contributed by atoms with Gasteiger partial charge in [-0.05, 0) is 13.0 Å². The van der Waals surface area contributed by atoms with Crippen molar-refractivity contribution in [2.45, 2.75) is 6.92 Å². The van der Waals surface area contributed by atoms with Gasteiger partial charge in [0.25, 0.3) is 5.91 Å². The van der Waals surface area contributed by atoms with E-state index in [1.54, 1.807) is 13.1 Å². The van der Waals surface area contributed by atoms with Crippen LogP contribution in [0.4, 0.5) is 0 Å². The van der Waals surface area contributed by atoms with Crippen LogP contribution < -0.4 is 0 Å². The fourth-order valence-corrected chi connectivity index (χ4v) is 1.06. The molecule has 1 aliphatic rings. The fourth-order valence-electron chi connectivity index (χ4n) is 1.06. The normalized spacial score (nSPS) is 15.3. The lowest BCUT2D eigenvalue weighted by Crippen LogP contribution is -2.05. The molecule has 0 N–H and O–H groups in total. The second kappa shape index (κ2) is 1.56. The number of carbonyl (C=O) groups excluding carboxylic acids is 1. The Kier molecular flexibility index (Phi) is 0.845. The van der Waals surface area contributed by atoms with Crippen molar-refractivity contribution in [2.24, 2.45) is 0 Å². The predicted octanol–water partition coefficient (Wildman–Crippen LogP) is 0.940. The molecule has 1 aromatic heterocycles. The summed E-state index contributed by atoms with van der Waals surface area (Å²) in [6.45, 7) is 1.80. The Balaban J connectivity index is 2.68. The summed E-state index contributed by atoms with van der Waals surface area (Å²) in [4.78, 5) is 14.9. The molecule has 3 nitrogen and oxygen atoms in total. The highest BCUT2D eigenvalue weighted by Gasteiger charge is 2.16. The molecule has 0 saturated carbocycles. The number of nitrogens with zero attached hydrogens (tertiary/aromatic N) is 2. The van der Waals surface area contributed by atoms with Crippen molar-refractivity contribution < 1.29 is 4.79 Å². The Morgan fingerprint density at radius 3 is 3.10 bits per heavy atom. The summed E-state index contributed by atoms with van der Waals surface area (Å²) in [5, 5.41) is 0. The van der Waals surface area contributed by atoms with E-state index in [0.29, 0.717) is 0 Å². The monoisotopic (exact) mass is 134 g/mol. The minimum absolute atomic E-state index is 0.0347. The second-order valence-electron chi connectivity index (χ2n) is 2.32. The van der Waals surface area contributed by atoms with E-state index in [9.17, 15) is 4.79 Å². The second-order valence-corrected chi connectivity index (χ2v) is 2.32. The molecule has 50 valence electrons. The topological polar surface area (TPSA) is 34.9 Å². The van der Waals surface area contributed by atoms with Crippen LogP contribution in [0.25, 0.3) is 6.08 Å². The van der Waals surface area contributed by atoms with Crippen LogP contribution in [0, 0.1) is 0 Å². The molecule has 0 bridgehead atoms. The van der Waals surface area contributed by atoms with Gasteiger partial charge in [-0.3, -0.25) is 9.36 Å². The smallest absolute Gasteiger partial charge is 0.259 e. The highest BCUT2D eigenvalue weighted by atomic mass is 16.2. The number of carbonyl (C=O) groups is 1. The van der Waals surface area contributed by atoms with Crippen LogP contribution in [0.3, 0.4) is 0 Å². The van der Waals surface area contributed by atoms with Gasteiger partial charge in [0.05, 0.1) is 11.9 Å². The van der Waals surface area contributed by atoms with Gasteiger partial charge in [0.15, 0.2) is 0 Å². The van der Waals surface area contributed by atoms with E-state index in [1.165, 1.54) is 10.9 Å². The van der Waals surface area contributed by atoms with Gasteiger partial charge in [-0.25, -0.2) is 4.98 Å². The molecule has 0 unspecified atom stereocenters. The number of allylic oxidation sites excluding steroid dienone is 1. The largest absolute Gasteiger partial charge is 0.269 e. The molecule has 0 spiro atoms. The first-order valence-corrected chi connectivity index (χ1v) is 3.04. The lowest BCUT2D eigenvalue weighted by molar-refractivity contribution is 0.0961. The molecule has 0 atom stereocenters. The van der Waals surface area contributed by atoms with Gasteiger partial charge in [0.2, 0.25) is 0 Å². The Labute approximate surface area is 58.0 Å². The Morgan fingerprint density at radius 1 is 1.60 bits per heavy atom. The molecule has 3 heteroatoms. The Bertz CT molecular complexity index is 322. The molecule has 0 aliphatic carbocycles. The zero-order valence-electron chi connectivity index (χ0n) is 5.53. The van der Waals surface area contributed by atoms with Gasteiger partial charge in [0, 0.05) is 5.57 Å². The summed E-state index contributed by atoms with van der Waals surface area (Å²) in [5.74, 6) is 0.0347. The van der Waals surface area contributed by atoms with E-state index in [0.717, 1.165) is 11.3 Å². The van der Waals surface area contributed by atoms with Gasteiger partial charge in [-0.2, -0.15) is 0 Å². The van der Waals surface area contributed by atoms with Crippen molar-refractivity contribution in [3.63, 3.8) is 0 Å². The van der Waals surface area contributed by atoms with Crippen LogP contribution in [-0.4, -0.2) is 15.5 Å². The van der Waals surface area contributed by atoms with E-state index in [2.05, 4.69) is 4.98 Å². The van der Waals surface area contributed by atoms with E-state index in [1.807, 2.05) is 6.08 Å². The van der Waals surface area contributed by atoms with Gasteiger partial charge < -0.3 is 0 Å². The molecule has 2 heterocycles. The van der Waals surface area contributed by atoms with Gasteiger partial charge in [-0.15, -0.1) is 0 Å². The van der Waals surface area contributed by atoms with E-state index in [4.69, 9.17) is 0 Å². The first kappa shape index (κ1) is 5.41. The Hall–Kier alpha value is -1.38. The molecule has 0 amide bonds. The predicted molar refractivity (Wildman–Crippen MR) is 36.5 cm³/mol. The summed E-state index contributed by atoms with van der Waals surface area (Å²) in [7, 11) is 0. The van der Waals surface area contributed by atoms with Crippen LogP contribution in [0.5, 0.6) is 0 Å². The summed E-state index contributed by atoms with van der Waals surface area (Å²) >= 11 is 0. The number of fused-ring (bicyclic) bond motifs is 1. The fraction of sp³-hybridized carbons (Fsp3) is 0.143. The zero-order valence-corrected chi connectivity index (χ0v) is 5.53. The maximum atomic E-state index is 11.1. The highest BCUT2D eigenvalue weighted by molar-refractivity contribution is 6.03. The standard InChI is InChI=1S/C7H6N2O/c1-5-2-6-3-8-4-9(6)7(5)10/h2-4H,1H3. The maximum absolute atomic E-state index is 11.1.